The molecule has 2 unspecified atom stereocenters. The van der Waals surface area contributed by atoms with Gasteiger partial charge in [0.15, 0.2) is 0 Å². The fourth-order valence-corrected chi connectivity index (χ4v) is 2.02. The first kappa shape index (κ1) is 11.5. The van der Waals surface area contributed by atoms with Crippen LogP contribution in [0.25, 0.3) is 0 Å². The molecule has 0 fully saturated rings. The summed E-state index contributed by atoms with van der Waals surface area (Å²) in [6.45, 7) is 5.14. The van der Waals surface area contributed by atoms with E-state index in [9.17, 15) is 5.11 Å². The highest BCUT2D eigenvalue weighted by Crippen LogP contribution is 2.33. The molecule has 0 saturated heterocycles. The average Bonchev–Trinajstić information content (AvgIpc) is 2.67. The van der Waals surface area contributed by atoms with E-state index in [0.29, 0.717) is 5.92 Å². The Morgan fingerprint density at radius 3 is 3.06 bits per heavy atom. The molecule has 1 aliphatic rings. The molecule has 0 bridgehead atoms. The largest absolute Gasteiger partial charge is 0.493 e. The molecule has 0 spiro atoms. The predicted octanol–water partition coefficient (Wildman–Crippen LogP) is 3.09. The average molecular weight is 220 g/mol. The number of aliphatic hydroxyl groups is 1. The van der Waals surface area contributed by atoms with Crippen LogP contribution >= 0.6 is 0 Å². The van der Waals surface area contributed by atoms with Crippen molar-refractivity contribution in [2.45, 2.75) is 39.2 Å². The molecule has 0 heterocycles. The van der Waals surface area contributed by atoms with E-state index in [-0.39, 0.29) is 6.10 Å². The molecule has 16 heavy (non-hydrogen) atoms. The van der Waals surface area contributed by atoms with E-state index in [4.69, 9.17) is 4.74 Å². The molecule has 2 atom stereocenters. The van der Waals surface area contributed by atoms with Gasteiger partial charge in [-0.2, -0.15) is 0 Å². The molecule has 1 aliphatic carbocycles. The van der Waals surface area contributed by atoms with Crippen LogP contribution in [0, 0.1) is 5.92 Å². The molecule has 1 aromatic carbocycles. The van der Waals surface area contributed by atoms with Gasteiger partial charge in [-0.15, -0.1) is 0 Å². The van der Waals surface area contributed by atoms with Crippen LogP contribution in [-0.2, 0) is 6.42 Å². The summed E-state index contributed by atoms with van der Waals surface area (Å²) in [6, 6.07) is 6.04. The highest BCUT2D eigenvalue weighted by molar-refractivity contribution is 5.39. The van der Waals surface area contributed by atoms with E-state index in [1.807, 2.05) is 12.1 Å². The summed E-state index contributed by atoms with van der Waals surface area (Å²) in [7, 11) is 0. The topological polar surface area (TPSA) is 29.5 Å². The molecule has 1 aromatic rings. The Bertz CT molecular complexity index is 360. The SMILES string of the molecule is CCC(C)COc1ccc2c(c1)CCC2O. The molecule has 1 N–H and O–H groups in total. The number of hydrogen-bond acceptors (Lipinski definition) is 2. The second kappa shape index (κ2) is 4.88. The maximum atomic E-state index is 9.69. The lowest BCUT2D eigenvalue weighted by atomic mass is 10.1. The summed E-state index contributed by atoms with van der Waals surface area (Å²) in [5, 5.41) is 9.69. The van der Waals surface area contributed by atoms with Gasteiger partial charge in [0.2, 0.25) is 0 Å². The van der Waals surface area contributed by atoms with Crippen LogP contribution in [0.2, 0.25) is 0 Å². The minimum Gasteiger partial charge on any atom is -0.493 e. The molecular weight excluding hydrogens is 200 g/mol. The third-order valence-electron chi connectivity index (χ3n) is 3.39. The third-order valence-corrected chi connectivity index (χ3v) is 3.39. The number of rotatable bonds is 4. The van der Waals surface area contributed by atoms with Gasteiger partial charge >= 0.3 is 0 Å². The van der Waals surface area contributed by atoms with E-state index < -0.39 is 0 Å². The molecule has 0 aromatic heterocycles. The van der Waals surface area contributed by atoms with Gasteiger partial charge < -0.3 is 9.84 Å². The second-order valence-electron chi connectivity index (χ2n) is 4.74. The Labute approximate surface area is 97.3 Å². The molecule has 0 radical (unpaired) electrons. The van der Waals surface area contributed by atoms with Gasteiger partial charge in [0.1, 0.15) is 5.75 Å². The van der Waals surface area contributed by atoms with Gasteiger partial charge in [-0.05, 0) is 42.0 Å². The van der Waals surface area contributed by atoms with Crippen molar-refractivity contribution in [1.82, 2.24) is 0 Å². The normalized spacial score (nSPS) is 20.6. The molecule has 0 aliphatic heterocycles. The summed E-state index contributed by atoms with van der Waals surface area (Å²) in [4.78, 5) is 0. The summed E-state index contributed by atoms with van der Waals surface area (Å²) >= 11 is 0. The zero-order chi connectivity index (χ0) is 11.5. The highest BCUT2D eigenvalue weighted by atomic mass is 16.5. The number of aliphatic hydroxyl groups excluding tert-OH is 1. The fraction of sp³-hybridized carbons (Fsp3) is 0.571. The van der Waals surface area contributed by atoms with E-state index in [0.717, 1.165) is 37.2 Å². The lowest BCUT2D eigenvalue weighted by Crippen LogP contribution is -2.07. The van der Waals surface area contributed by atoms with E-state index >= 15 is 0 Å². The summed E-state index contributed by atoms with van der Waals surface area (Å²) in [5.74, 6) is 1.53. The molecule has 0 amide bonds. The summed E-state index contributed by atoms with van der Waals surface area (Å²) in [6.07, 6.45) is 2.70. The minimum absolute atomic E-state index is 0.265. The van der Waals surface area contributed by atoms with Gasteiger partial charge in [-0.25, -0.2) is 0 Å². The zero-order valence-corrected chi connectivity index (χ0v) is 10.1. The minimum atomic E-state index is -0.265. The van der Waals surface area contributed by atoms with Crippen molar-refractivity contribution in [3.8, 4) is 5.75 Å². The molecule has 88 valence electrons. The quantitative estimate of drug-likeness (QED) is 0.845. The first-order chi connectivity index (χ1) is 7.70. The Morgan fingerprint density at radius 1 is 1.50 bits per heavy atom. The van der Waals surface area contributed by atoms with Gasteiger partial charge in [-0.3, -0.25) is 0 Å². The first-order valence-electron chi connectivity index (χ1n) is 6.14. The van der Waals surface area contributed by atoms with Gasteiger partial charge in [0.25, 0.3) is 0 Å². The standard InChI is InChI=1S/C14H20O2/c1-3-10(2)9-16-12-5-6-13-11(8-12)4-7-14(13)15/h5-6,8,10,14-15H,3-4,7,9H2,1-2H3. The van der Waals surface area contributed by atoms with Gasteiger partial charge in [0, 0.05) is 0 Å². The smallest absolute Gasteiger partial charge is 0.119 e. The van der Waals surface area contributed by atoms with Crippen molar-refractivity contribution >= 4 is 0 Å². The lowest BCUT2D eigenvalue weighted by molar-refractivity contribution is 0.180. The Balaban J connectivity index is 2.02. The van der Waals surface area contributed by atoms with E-state index in [2.05, 4.69) is 19.9 Å². The van der Waals surface area contributed by atoms with Crippen molar-refractivity contribution in [3.63, 3.8) is 0 Å². The third kappa shape index (κ3) is 2.38. The van der Waals surface area contributed by atoms with Crippen molar-refractivity contribution < 1.29 is 9.84 Å². The lowest BCUT2D eigenvalue weighted by Gasteiger charge is -2.12. The van der Waals surface area contributed by atoms with Crippen molar-refractivity contribution in [1.29, 1.82) is 0 Å². The van der Waals surface area contributed by atoms with Crippen molar-refractivity contribution in [3.05, 3.63) is 29.3 Å². The summed E-state index contributed by atoms with van der Waals surface area (Å²) < 4.78 is 5.74. The fourth-order valence-electron chi connectivity index (χ4n) is 2.02. The van der Waals surface area contributed by atoms with E-state index in [1.165, 1.54) is 5.56 Å². The summed E-state index contributed by atoms with van der Waals surface area (Å²) in [5.41, 5.74) is 2.32. The predicted molar refractivity (Wildman–Crippen MR) is 64.7 cm³/mol. The number of hydrogen-bond donors (Lipinski definition) is 1. The van der Waals surface area contributed by atoms with Crippen LogP contribution in [0.15, 0.2) is 18.2 Å². The monoisotopic (exact) mass is 220 g/mol. The van der Waals surface area contributed by atoms with Crippen LogP contribution in [-0.4, -0.2) is 11.7 Å². The number of aryl methyl sites for hydroxylation is 1. The van der Waals surface area contributed by atoms with Gasteiger partial charge in [0.05, 0.1) is 12.7 Å². The molecule has 2 rings (SSSR count). The molecule has 2 heteroatoms. The van der Waals surface area contributed by atoms with Crippen molar-refractivity contribution in [2.24, 2.45) is 5.92 Å². The second-order valence-corrected chi connectivity index (χ2v) is 4.74. The van der Waals surface area contributed by atoms with Crippen LogP contribution in [0.3, 0.4) is 0 Å². The van der Waals surface area contributed by atoms with Crippen LogP contribution in [0.5, 0.6) is 5.75 Å². The molecule has 2 nitrogen and oxygen atoms in total. The molecule has 0 saturated carbocycles. The number of ether oxygens (including phenoxy) is 1. The molecular formula is C14H20O2. The maximum Gasteiger partial charge on any atom is 0.119 e. The van der Waals surface area contributed by atoms with Gasteiger partial charge in [-0.1, -0.05) is 26.3 Å². The van der Waals surface area contributed by atoms with Crippen LogP contribution in [0.1, 0.15) is 43.9 Å². The van der Waals surface area contributed by atoms with Crippen LogP contribution < -0.4 is 4.74 Å². The Kier molecular flexibility index (Phi) is 3.49. The zero-order valence-electron chi connectivity index (χ0n) is 10.1. The van der Waals surface area contributed by atoms with Crippen LogP contribution in [0.4, 0.5) is 0 Å². The first-order valence-corrected chi connectivity index (χ1v) is 6.14. The van der Waals surface area contributed by atoms with E-state index in [1.54, 1.807) is 0 Å². The maximum absolute atomic E-state index is 9.69. The Morgan fingerprint density at radius 2 is 2.31 bits per heavy atom. The van der Waals surface area contributed by atoms with Crippen molar-refractivity contribution in [2.75, 3.05) is 6.61 Å². The highest BCUT2D eigenvalue weighted by Gasteiger charge is 2.20. The number of fused-ring (bicyclic) bond motifs is 1. The Hall–Kier alpha value is -1.02. The number of benzene rings is 1.